The maximum atomic E-state index is 12.4. The van der Waals surface area contributed by atoms with Gasteiger partial charge in [0.2, 0.25) is 0 Å². The lowest BCUT2D eigenvalue weighted by Gasteiger charge is -2.13. The third kappa shape index (κ3) is 5.46. The van der Waals surface area contributed by atoms with Crippen LogP contribution in [0.1, 0.15) is 25.0 Å². The maximum absolute atomic E-state index is 12.4. The van der Waals surface area contributed by atoms with E-state index in [9.17, 15) is 4.79 Å². The van der Waals surface area contributed by atoms with E-state index in [0.29, 0.717) is 23.0 Å². The highest BCUT2D eigenvalue weighted by molar-refractivity contribution is 8.05. The molecule has 0 bridgehead atoms. The first-order valence-electron chi connectivity index (χ1n) is 9.44. The van der Waals surface area contributed by atoms with Crippen LogP contribution in [0.5, 0.6) is 11.5 Å². The number of rotatable bonds is 8. The molecule has 29 heavy (non-hydrogen) atoms. The van der Waals surface area contributed by atoms with Crippen molar-refractivity contribution in [1.29, 1.82) is 5.26 Å². The molecule has 2 aromatic rings. The van der Waals surface area contributed by atoms with E-state index >= 15 is 0 Å². The van der Waals surface area contributed by atoms with Crippen LogP contribution in [0.2, 0.25) is 0 Å². The summed E-state index contributed by atoms with van der Waals surface area (Å²) in [5.41, 5.74) is 2.82. The van der Waals surface area contributed by atoms with E-state index in [1.165, 1.54) is 17.3 Å². The Bertz CT molecular complexity index is 935. The van der Waals surface area contributed by atoms with Crippen molar-refractivity contribution < 1.29 is 14.3 Å². The highest BCUT2D eigenvalue weighted by Crippen LogP contribution is 2.33. The van der Waals surface area contributed by atoms with E-state index in [0.717, 1.165) is 17.7 Å². The molecular weight excluding hydrogens is 386 g/mol. The molecule has 0 unspecified atom stereocenters. The van der Waals surface area contributed by atoms with Crippen LogP contribution in [-0.4, -0.2) is 24.6 Å². The number of carbonyl (C=O) groups excluding carboxylic acids is 1. The van der Waals surface area contributed by atoms with E-state index in [1.807, 2.05) is 37.3 Å². The van der Waals surface area contributed by atoms with E-state index in [1.54, 1.807) is 12.1 Å². The second-order valence-corrected chi connectivity index (χ2v) is 7.41. The van der Waals surface area contributed by atoms with Gasteiger partial charge in [-0.25, -0.2) is 0 Å². The third-order valence-electron chi connectivity index (χ3n) is 4.25. The Balaban J connectivity index is 1.71. The lowest BCUT2D eigenvalue weighted by Crippen LogP contribution is -2.30. The SMILES string of the molecule is CCOc1cc(/C=C2\S[C@H](Nc3ccc(CC)cc3)NC2=O)ccc1OCC#N. The van der Waals surface area contributed by atoms with Gasteiger partial charge in [-0.05, 0) is 54.8 Å². The molecule has 1 amide bonds. The number of carbonyl (C=O) groups is 1. The fourth-order valence-corrected chi connectivity index (χ4v) is 3.80. The van der Waals surface area contributed by atoms with Gasteiger partial charge in [0.1, 0.15) is 6.07 Å². The number of aryl methyl sites for hydroxylation is 1. The zero-order valence-electron chi connectivity index (χ0n) is 16.4. The monoisotopic (exact) mass is 409 g/mol. The molecule has 6 nitrogen and oxygen atoms in total. The van der Waals surface area contributed by atoms with Gasteiger partial charge in [-0.15, -0.1) is 0 Å². The van der Waals surface area contributed by atoms with Crippen molar-refractivity contribution in [2.75, 3.05) is 18.5 Å². The third-order valence-corrected chi connectivity index (χ3v) is 5.28. The van der Waals surface area contributed by atoms with Crippen molar-refractivity contribution in [2.24, 2.45) is 0 Å². The minimum atomic E-state index is -0.231. The topological polar surface area (TPSA) is 83.4 Å². The van der Waals surface area contributed by atoms with Crippen molar-refractivity contribution in [3.8, 4) is 17.6 Å². The summed E-state index contributed by atoms with van der Waals surface area (Å²) in [6, 6.07) is 15.5. The number of nitrogens with zero attached hydrogens (tertiary/aromatic N) is 1. The molecule has 0 saturated carbocycles. The van der Waals surface area contributed by atoms with Crippen LogP contribution >= 0.6 is 11.8 Å². The zero-order chi connectivity index (χ0) is 20.6. The zero-order valence-corrected chi connectivity index (χ0v) is 17.2. The molecule has 1 saturated heterocycles. The smallest absolute Gasteiger partial charge is 0.260 e. The molecule has 0 aromatic heterocycles. The fraction of sp³-hybridized carbons (Fsp3) is 0.273. The van der Waals surface area contributed by atoms with Crippen molar-refractivity contribution in [3.63, 3.8) is 0 Å². The van der Waals surface area contributed by atoms with E-state index < -0.39 is 0 Å². The summed E-state index contributed by atoms with van der Waals surface area (Å²) < 4.78 is 11.0. The Labute approximate surface area is 174 Å². The van der Waals surface area contributed by atoms with E-state index in [4.69, 9.17) is 14.7 Å². The van der Waals surface area contributed by atoms with Gasteiger partial charge in [0.05, 0.1) is 11.5 Å². The normalized spacial score (nSPS) is 16.9. The van der Waals surface area contributed by atoms with Crippen LogP contribution in [0, 0.1) is 11.3 Å². The molecule has 1 atom stereocenters. The second-order valence-electron chi connectivity index (χ2n) is 6.26. The summed E-state index contributed by atoms with van der Waals surface area (Å²) in [5.74, 6) is 0.931. The molecular formula is C22H23N3O3S. The first-order chi connectivity index (χ1) is 14.1. The number of benzene rings is 2. The predicted molar refractivity (Wildman–Crippen MR) is 116 cm³/mol. The molecule has 0 spiro atoms. The number of ether oxygens (including phenoxy) is 2. The maximum Gasteiger partial charge on any atom is 0.260 e. The van der Waals surface area contributed by atoms with Crippen LogP contribution in [0.3, 0.4) is 0 Å². The van der Waals surface area contributed by atoms with Gasteiger partial charge in [0.25, 0.3) is 5.91 Å². The molecule has 150 valence electrons. The first kappa shape index (κ1) is 20.6. The van der Waals surface area contributed by atoms with Crippen LogP contribution in [-0.2, 0) is 11.2 Å². The van der Waals surface area contributed by atoms with Crippen LogP contribution < -0.4 is 20.1 Å². The largest absolute Gasteiger partial charge is 0.490 e. The molecule has 0 radical (unpaired) electrons. The summed E-state index contributed by atoms with van der Waals surface area (Å²) in [6.45, 7) is 4.42. The molecule has 2 aromatic carbocycles. The Hall–Kier alpha value is -3.11. The van der Waals surface area contributed by atoms with Gasteiger partial charge in [-0.1, -0.05) is 36.9 Å². The highest BCUT2D eigenvalue weighted by Gasteiger charge is 2.27. The number of nitrogens with one attached hydrogen (secondary N) is 2. The van der Waals surface area contributed by atoms with Crippen LogP contribution in [0.4, 0.5) is 5.69 Å². The molecule has 1 fully saturated rings. The molecule has 1 aliphatic rings. The molecule has 3 rings (SSSR count). The number of amides is 1. The minimum absolute atomic E-state index is 0.0502. The summed E-state index contributed by atoms with van der Waals surface area (Å²) in [6.07, 6.45) is 2.81. The molecule has 0 aliphatic carbocycles. The predicted octanol–water partition coefficient (Wildman–Crippen LogP) is 4.15. The fourth-order valence-electron chi connectivity index (χ4n) is 2.82. The standard InChI is InChI=1S/C22H23N3O3S/c1-3-15-5-8-17(9-6-15)24-22-25-21(26)20(29-22)14-16-7-10-18(28-12-11-23)19(13-16)27-4-2/h5-10,13-14,22,24H,3-4,12H2,1-2H3,(H,25,26)/b20-14-/t22-/m1/s1. The summed E-state index contributed by atoms with van der Waals surface area (Å²) in [7, 11) is 0. The molecule has 1 aliphatic heterocycles. The summed E-state index contributed by atoms with van der Waals surface area (Å²) >= 11 is 1.43. The highest BCUT2D eigenvalue weighted by atomic mass is 32.2. The van der Waals surface area contributed by atoms with Gasteiger partial charge < -0.3 is 20.1 Å². The quantitative estimate of drug-likeness (QED) is 0.638. The molecule has 2 N–H and O–H groups in total. The summed E-state index contributed by atoms with van der Waals surface area (Å²) in [5, 5.41) is 15.0. The van der Waals surface area contributed by atoms with Crippen LogP contribution in [0.15, 0.2) is 47.4 Å². The number of anilines is 1. The minimum Gasteiger partial charge on any atom is -0.490 e. The van der Waals surface area contributed by atoms with Crippen molar-refractivity contribution in [1.82, 2.24) is 5.32 Å². The van der Waals surface area contributed by atoms with E-state index in [2.05, 4.69) is 29.7 Å². The van der Waals surface area contributed by atoms with Gasteiger partial charge in [0.15, 0.2) is 23.6 Å². The molecule has 1 heterocycles. The van der Waals surface area contributed by atoms with Crippen LogP contribution in [0.25, 0.3) is 6.08 Å². The van der Waals surface area contributed by atoms with Gasteiger partial charge in [0, 0.05) is 5.69 Å². The average Bonchev–Trinajstić information content (AvgIpc) is 3.07. The Kier molecular flexibility index (Phi) is 7.04. The first-order valence-corrected chi connectivity index (χ1v) is 10.3. The van der Waals surface area contributed by atoms with Gasteiger partial charge >= 0.3 is 0 Å². The Morgan fingerprint density at radius 2 is 1.97 bits per heavy atom. The lowest BCUT2D eigenvalue weighted by atomic mass is 10.1. The number of hydrogen-bond donors (Lipinski definition) is 2. The van der Waals surface area contributed by atoms with Crippen molar-refractivity contribution in [2.45, 2.75) is 25.8 Å². The van der Waals surface area contributed by atoms with Crippen molar-refractivity contribution in [3.05, 3.63) is 58.5 Å². The van der Waals surface area contributed by atoms with Gasteiger partial charge in [-0.3, -0.25) is 4.79 Å². The Morgan fingerprint density at radius 1 is 1.17 bits per heavy atom. The van der Waals surface area contributed by atoms with E-state index in [-0.39, 0.29) is 18.0 Å². The Morgan fingerprint density at radius 3 is 2.66 bits per heavy atom. The average molecular weight is 410 g/mol. The summed E-state index contributed by atoms with van der Waals surface area (Å²) in [4.78, 5) is 13.0. The van der Waals surface area contributed by atoms with Crippen molar-refractivity contribution >= 4 is 29.4 Å². The molecule has 7 heteroatoms. The number of nitriles is 1. The number of thioether (sulfide) groups is 1. The number of hydrogen-bond acceptors (Lipinski definition) is 6. The lowest BCUT2D eigenvalue weighted by molar-refractivity contribution is -0.116. The second kappa shape index (κ2) is 9.89. The van der Waals surface area contributed by atoms with Gasteiger partial charge in [-0.2, -0.15) is 5.26 Å².